The van der Waals surface area contributed by atoms with Crippen molar-refractivity contribution in [3.05, 3.63) is 34.2 Å². The van der Waals surface area contributed by atoms with E-state index >= 15 is 0 Å². The van der Waals surface area contributed by atoms with Gasteiger partial charge < -0.3 is 5.73 Å². The fourth-order valence-corrected chi connectivity index (χ4v) is 2.17. The van der Waals surface area contributed by atoms with Gasteiger partial charge in [0.1, 0.15) is 5.82 Å². The van der Waals surface area contributed by atoms with E-state index < -0.39 is 0 Å². The molecule has 2 heterocycles. The molecule has 2 N–H and O–H groups in total. The highest BCUT2D eigenvalue weighted by Gasteiger charge is 2.12. The van der Waals surface area contributed by atoms with Gasteiger partial charge in [0.05, 0.1) is 12.2 Å². The van der Waals surface area contributed by atoms with E-state index in [0.29, 0.717) is 0 Å². The zero-order chi connectivity index (χ0) is 10.1. The van der Waals surface area contributed by atoms with Crippen LogP contribution in [-0.2, 0) is 0 Å². The molecule has 0 amide bonds. The van der Waals surface area contributed by atoms with E-state index in [9.17, 15) is 0 Å². The normalized spacial score (nSPS) is 13.0. The van der Waals surface area contributed by atoms with Crippen LogP contribution < -0.4 is 5.73 Å². The molecule has 2 aromatic rings. The third kappa shape index (κ3) is 1.42. The number of nitrogens with zero attached hydrogens (tertiary/aromatic N) is 2. The molecule has 14 heavy (non-hydrogen) atoms. The molecule has 0 spiro atoms. The van der Waals surface area contributed by atoms with Crippen molar-refractivity contribution < 1.29 is 0 Å². The Hall–Kier alpha value is -1.29. The monoisotopic (exact) mass is 207 g/mol. The van der Waals surface area contributed by atoms with Gasteiger partial charge in [0.15, 0.2) is 0 Å². The number of hydrogen-bond donors (Lipinski definition) is 1. The number of rotatable bonds is 2. The average Bonchev–Trinajstić information content (AvgIpc) is 2.77. The minimum Gasteiger partial charge on any atom is -0.384 e. The van der Waals surface area contributed by atoms with Crippen LogP contribution in [0.1, 0.15) is 24.1 Å². The Balaban J connectivity index is 2.36. The highest BCUT2D eigenvalue weighted by molar-refractivity contribution is 7.07. The van der Waals surface area contributed by atoms with Gasteiger partial charge in [-0.2, -0.15) is 16.4 Å². The Morgan fingerprint density at radius 1 is 1.57 bits per heavy atom. The lowest BCUT2D eigenvalue weighted by atomic mass is 10.2. The first kappa shape index (κ1) is 9.27. The number of aryl methyl sites for hydroxylation is 1. The van der Waals surface area contributed by atoms with E-state index in [1.54, 1.807) is 17.5 Å². The first-order chi connectivity index (χ1) is 6.70. The molecule has 2 aromatic heterocycles. The van der Waals surface area contributed by atoms with Crippen LogP contribution in [0.4, 0.5) is 5.82 Å². The molecule has 0 fully saturated rings. The summed E-state index contributed by atoms with van der Waals surface area (Å²) < 4.78 is 1.86. The van der Waals surface area contributed by atoms with Crippen LogP contribution >= 0.6 is 11.3 Å². The summed E-state index contributed by atoms with van der Waals surface area (Å²) in [6.45, 7) is 4.07. The molecule has 0 aliphatic rings. The second-order valence-electron chi connectivity index (χ2n) is 3.39. The van der Waals surface area contributed by atoms with Gasteiger partial charge in [-0.15, -0.1) is 0 Å². The Labute approximate surface area is 87.2 Å². The SMILES string of the molecule is Cc1cnn([C@H](C)c2ccsc2)c1N. The largest absolute Gasteiger partial charge is 0.384 e. The third-order valence-corrected chi connectivity index (χ3v) is 3.12. The lowest BCUT2D eigenvalue weighted by Crippen LogP contribution is -2.10. The number of hydrogen-bond acceptors (Lipinski definition) is 3. The van der Waals surface area contributed by atoms with Gasteiger partial charge in [0.25, 0.3) is 0 Å². The van der Waals surface area contributed by atoms with Crippen molar-refractivity contribution >= 4 is 17.2 Å². The summed E-state index contributed by atoms with van der Waals surface area (Å²) in [6, 6.07) is 2.32. The Morgan fingerprint density at radius 2 is 2.36 bits per heavy atom. The van der Waals surface area contributed by atoms with Crippen molar-refractivity contribution in [3.8, 4) is 0 Å². The molecule has 74 valence electrons. The highest BCUT2D eigenvalue weighted by atomic mass is 32.1. The maximum Gasteiger partial charge on any atom is 0.125 e. The van der Waals surface area contributed by atoms with Gasteiger partial charge in [-0.1, -0.05) is 0 Å². The number of anilines is 1. The molecule has 0 aliphatic heterocycles. The topological polar surface area (TPSA) is 43.8 Å². The summed E-state index contributed by atoms with van der Waals surface area (Å²) in [5.74, 6) is 0.753. The summed E-state index contributed by atoms with van der Waals surface area (Å²) in [7, 11) is 0. The zero-order valence-corrected chi connectivity index (χ0v) is 9.08. The number of thiophene rings is 1. The summed E-state index contributed by atoms with van der Waals surface area (Å²) in [5.41, 5.74) is 8.20. The number of nitrogen functional groups attached to an aromatic ring is 1. The Bertz CT molecular complexity index is 417. The van der Waals surface area contributed by atoms with E-state index in [-0.39, 0.29) is 6.04 Å². The first-order valence-electron chi connectivity index (χ1n) is 4.52. The van der Waals surface area contributed by atoms with Crippen molar-refractivity contribution in [1.29, 1.82) is 0 Å². The van der Waals surface area contributed by atoms with E-state index in [2.05, 4.69) is 28.8 Å². The van der Waals surface area contributed by atoms with Gasteiger partial charge in [0.2, 0.25) is 0 Å². The molecule has 2 rings (SSSR count). The maximum absolute atomic E-state index is 5.91. The quantitative estimate of drug-likeness (QED) is 0.822. The van der Waals surface area contributed by atoms with Crippen molar-refractivity contribution in [1.82, 2.24) is 9.78 Å². The van der Waals surface area contributed by atoms with Crippen molar-refractivity contribution in [2.75, 3.05) is 5.73 Å². The molecule has 0 unspecified atom stereocenters. The maximum atomic E-state index is 5.91. The minimum absolute atomic E-state index is 0.218. The predicted molar refractivity (Wildman–Crippen MR) is 59.5 cm³/mol. The van der Waals surface area contributed by atoms with Gasteiger partial charge in [0, 0.05) is 5.56 Å². The van der Waals surface area contributed by atoms with Crippen LogP contribution in [-0.4, -0.2) is 9.78 Å². The van der Waals surface area contributed by atoms with Gasteiger partial charge in [-0.3, -0.25) is 0 Å². The van der Waals surface area contributed by atoms with Gasteiger partial charge in [-0.05, 0) is 36.2 Å². The molecule has 0 bridgehead atoms. The molecule has 3 nitrogen and oxygen atoms in total. The van der Waals surface area contributed by atoms with Crippen LogP contribution in [0.5, 0.6) is 0 Å². The zero-order valence-electron chi connectivity index (χ0n) is 8.27. The molecular formula is C10H13N3S. The van der Waals surface area contributed by atoms with Crippen molar-refractivity contribution in [2.24, 2.45) is 0 Å². The Kier molecular flexibility index (Phi) is 2.29. The second kappa shape index (κ2) is 3.46. The van der Waals surface area contributed by atoms with Crippen LogP contribution in [0.3, 0.4) is 0 Å². The second-order valence-corrected chi connectivity index (χ2v) is 4.17. The summed E-state index contributed by atoms with van der Waals surface area (Å²) in [5, 5.41) is 8.46. The fraction of sp³-hybridized carbons (Fsp3) is 0.300. The van der Waals surface area contributed by atoms with Crippen molar-refractivity contribution in [2.45, 2.75) is 19.9 Å². The standard InChI is InChI=1S/C10H13N3S/c1-7-5-12-13(10(7)11)8(2)9-3-4-14-6-9/h3-6,8H,11H2,1-2H3/t8-/m1/s1. The highest BCUT2D eigenvalue weighted by Crippen LogP contribution is 2.23. The summed E-state index contributed by atoms with van der Waals surface area (Å²) >= 11 is 1.69. The van der Waals surface area contributed by atoms with E-state index in [4.69, 9.17) is 5.73 Å². The van der Waals surface area contributed by atoms with E-state index in [1.165, 1.54) is 5.56 Å². The molecule has 0 radical (unpaired) electrons. The van der Waals surface area contributed by atoms with Crippen molar-refractivity contribution in [3.63, 3.8) is 0 Å². The molecule has 0 aliphatic carbocycles. The average molecular weight is 207 g/mol. The molecule has 0 aromatic carbocycles. The molecule has 0 saturated heterocycles. The molecule has 4 heteroatoms. The summed E-state index contributed by atoms with van der Waals surface area (Å²) in [4.78, 5) is 0. The van der Waals surface area contributed by atoms with E-state index in [1.807, 2.05) is 11.6 Å². The van der Waals surface area contributed by atoms with E-state index in [0.717, 1.165) is 11.4 Å². The number of aromatic nitrogens is 2. The fourth-order valence-electron chi connectivity index (χ4n) is 1.42. The smallest absolute Gasteiger partial charge is 0.125 e. The first-order valence-corrected chi connectivity index (χ1v) is 5.46. The molecule has 0 saturated carbocycles. The Morgan fingerprint density at radius 3 is 2.86 bits per heavy atom. The lowest BCUT2D eigenvalue weighted by molar-refractivity contribution is 0.574. The van der Waals surface area contributed by atoms with Crippen LogP contribution in [0.2, 0.25) is 0 Å². The number of nitrogens with two attached hydrogens (primary N) is 1. The molecule has 1 atom stereocenters. The lowest BCUT2D eigenvalue weighted by Gasteiger charge is -2.12. The minimum atomic E-state index is 0.218. The van der Waals surface area contributed by atoms with Crippen LogP contribution in [0, 0.1) is 6.92 Å². The molecular weight excluding hydrogens is 194 g/mol. The van der Waals surface area contributed by atoms with Crippen LogP contribution in [0.25, 0.3) is 0 Å². The predicted octanol–water partition coefficient (Wildman–Crippen LogP) is 2.44. The van der Waals surface area contributed by atoms with Gasteiger partial charge >= 0.3 is 0 Å². The van der Waals surface area contributed by atoms with Gasteiger partial charge in [-0.25, -0.2) is 4.68 Å². The summed E-state index contributed by atoms with van der Waals surface area (Å²) in [6.07, 6.45) is 1.80. The van der Waals surface area contributed by atoms with Crippen LogP contribution in [0.15, 0.2) is 23.0 Å². The third-order valence-electron chi connectivity index (χ3n) is 2.42.